The number of methoxy groups -OCH3 is 2. The maximum atomic E-state index is 12.6. The Morgan fingerprint density at radius 3 is 2.50 bits per heavy atom. The highest BCUT2D eigenvalue weighted by Gasteiger charge is 2.48. The van der Waals surface area contributed by atoms with Gasteiger partial charge in [-0.15, -0.1) is 0 Å². The predicted molar refractivity (Wildman–Crippen MR) is 102 cm³/mol. The summed E-state index contributed by atoms with van der Waals surface area (Å²) in [4.78, 5) is 12.6. The minimum Gasteiger partial charge on any atom is -0.493 e. The van der Waals surface area contributed by atoms with Gasteiger partial charge in [0.25, 0.3) is 0 Å². The van der Waals surface area contributed by atoms with E-state index in [2.05, 4.69) is 0 Å². The number of rotatable bonds is 6. The highest BCUT2D eigenvalue weighted by molar-refractivity contribution is 5.79. The first kappa shape index (κ1) is 18.5. The van der Waals surface area contributed by atoms with Crippen molar-refractivity contribution >= 4 is 5.97 Å². The van der Waals surface area contributed by atoms with Crippen LogP contribution in [0.3, 0.4) is 0 Å². The molecule has 4 rings (SSSR count). The number of ether oxygens (including phenoxy) is 5. The highest BCUT2D eigenvalue weighted by Crippen LogP contribution is 2.43. The Hall–Kier alpha value is -2.89. The van der Waals surface area contributed by atoms with E-state index >= 15 is 0 Å². The molecule has 0 N–H and O–H groups in total. The van der Waals surface area contributed by atoms with Gasteiger partial charge in [-0.1, -0.05) is 12.1 Å². The molecule has 0 radical (unpaired) electrons. The van der Waals surface area contributed by atoms with E-state index in [1.54, 1.807) is 14.2 Å². The molecule has 2 aliphatic heterocycles. The topological polar surface area (TPSA) is 63.2 Å². The van der Waals surface area contributed by atoms with Crippen molar-refractivity contribution in [1.29, 1.82) is 0 Å². The average Bonchev–Trinajstić information content (AvgIpc) is 3.27. The summed E-state index contributed by atoms with van der Waals surface area (Å²) >= 11 is 0. The lowest BCUT2D eigenvalue weighted by Crippen LogP contribution is -2.33. The van der Waals surface area contributed by atoms with E-state index in [0.29, 0.717) is 30.9 Å². The molecule has 6 nitrogen and oxygen atoms in total. The summed E-state index contributed by atoms with van der Waals surface area (Å²) in [6, 6.07) is 11.7. The molecule has 0 bridgehead atoms. The molecule has 2 aromatic carbocycles. The molecule has 0 unspecified atom stereocenters. The summed E-state index contributed by atoms with van der Waals surface area (Å²) in [5.74, 6) is 2.74. The van der Waals surface area contributed by atoms with E-state index in [-0.39, 0.29) is 18.7 Å². The van der Waals surface area contributed by atoms with Crippen LogP contribution < -0.4 is 18.9 Å². The number of hydrogen-bond donors (Lipinski definition) is 0. The number of carbonyl (C=O) groups is 1. The Balaban J connectivity index is 1.56. The molecule has 2 aromatic rings. The van der Waals surface area contributed by atoms with Crippen LogP contribution in [0.4, 0.5) is 0 Å². The summed E-state index contributed by atoms with van der Waals surface area (Å²) in [5, 5.41) is 0. The Morgan fingerprint density at radius 1 is 0.964 bits per heavy atom. The molecular formula is C22H24O6. The highest BCUT2D eigenvalue weighted by atomic mass is 16.7. The second-order valence-electron chi connectivity index (χ2n) is 7.47. The van der Waals surface area contributed by atoms with Gasteiger partial charge in [-0.05, 0) is 55.2 Å². The fourth-order valence-corrected chi connectivity index (χ4v) is 3.96. The Labute approximate surface area is 164 Å². The van der Waals surface area contributed by atoms with Gasteiger partial charge in [0.2, 0.25) is 6.79 Å². The maximum Gasteiger partial charge on any atom is 0.312 e. The first-order valence-corrected chi connectivity index (χ1v) is 9.30. The smallest absolute Gasteiger partial charge is 0.312 e. The third-order valence-corrected chi connectivity index (χ3v) is 5.72. The Kier molecular flexibility index (Phi) is 4.79. The molecular weight excluding hydrogens is 360 g/mol. The number of fused-ring (bicyclic) bond motifs is 1. The van der Waals surface area contributed by atoms with Crippen LogP contribution in [0.15, 0.2) is 36.4 Å². The minimum atomic E-state index is -0.610. The molecule has 2 heterocycles. The van der Waals surface area contributed by atoms with E-state index in [1.165, 1.54) is 0 Å². The van der Waals surface area contributed by atoms with E-state index in [9.17, 15) is 4.79 Å². The van der Waals surface area contributed by atoms with Crippen molar-refractivity contribution in [3.05, 3.63) is 47.5 Å². The molecule has 0 aliphatic carbocycles. The van der Waals surface area contributed by atoms with Gasteiger partial charge >= 0.3 is 5.97 Å². The quantitative estimate of drug-likeness (QED) is 0.712. The summed E-state index contributed by atoms with van der Waals surface area (Å²) in [6.07, 6.45) is 1.30. The van der Waals surface area contributed by atoms with Crippen molar-refractivity contribution in [1.82, 2.24) is 0 Å². The van der Waals surface area contributed by atoms with Gasteiger partial charge in [-0.3, -0.25) is 4.79 Å². The molecule has 2 atom stereocenters. The summed E-state index contributed by atoms with van der Waals surface area (Å²) < 4.78 is 27.0. The van der Waals surface area contributed by atoms with Gasteiger partial charge in [-0.25, -0.2) is 0 Å². The Morgan fingerprint density at radius 2 is 1.71 bits per heavy atom. The van der Waals surface area contributed by atoms with Crippen LogP contribution in [-0.2, 0) is 22.4 Å². The van der Waals surface area contributed by atoms with E-state index in [4.69, 9.17) is 23.7 Å². The van der Waals surface area contributed by atoms with Crippen molar-refractivity contribution in [2.75, 3.05) is 27.6 Å². The molecule has 0 amide bonds. The standard InChI is InChI=1S/C22H24O6/c1-22(11-15-5-7-18-20(10-15)28-13-27-18)16(12-26-21(22)23)8-14-4-6-17(24-2)19(9-14)25-3/h4-7,9-10,16H,8,11-13H2,1-3H3/t16-,22-/m1/s1. The van der Waals surface area contributed by atoms with Gasteiger partial charge in [-0.2, -0.15) is 0 Å². The summed E-state index contributed by atoms with van der Waals surface area (Å²) in [7, 11) is 3.23. The van der Waals surface area contributed by atoms with Crippen LogP contribution >= 0.6 is 0 Å². The third-order valence-electron chi connectivity index (χ3n) is 5.72. The zero-order chi connectivity index (χ0) is 19.7. The molecule has 2 aliphatic rings. The zero-order valence-electron chi connectivity index (χ0n) is 16.3. The normalized spacial score (nSPS) is 22.8. The predicted octanol–water partition coefficient (Wildman–Crippen LogP) is 3.40. The summed E-state index contributed by atoms with van der Waals surface area (Å²) in [6.45, 7) is 2.63. The fourth-order valence-electron chi connectivity index (χ4n) is 3.96. The first-order chi connectivity index (χ1) is 13.5. The van der Waals surface area contributed by atoms with Crippen molar-refractivity contribution in [2.24, 2.45) is 11.3 Å². The van der Waals surface area contributed by atoms with Crippen molar-refractivity contribution in [2.45, 2.75) is 19.8 Å². The van der Waals surface area contributed by atoms with Gasteiger partial charge in [0.05, 0.1) is 26.2 Å². The SMILES string of the molecule is COc1ccc(C[C@@H]2COC(=O)[C@]2(C)Cc2ccc3c(c2)OCO3)cc1OC. The van der Waals surface area contributed by atoms with Crippen molar-refractivity contribution in [3.63, 3.8) is 0 Å². The van der Waals surface area contributed by atoms with E-state index < -0.39 is 5.41 Å². The van der Waals surface area contributed by atoms with Gasteiger partial charge in [0.15, 0.2) is 23.0 Å². The molecule has 28 heavy (non-hydrogen) atoms. The van der Waals surface area contributed by atoms with Crippen LogP contribution in [0.1, 0.15) is 18.1 Å². The lowest BCUT2D eigenvalue weighted by Gasteiger charge is -2.27. The largest absolute Gasteiger partial charge is 0.493 e. The number of cyclic esters (lactones) is 1. The molecule has 1 saturated heterocycles. The fraction of sp³-hybridized carbons (Fsp3) is 0.409. The lowest BCUT2D eigenvalue weighted by molar-refractivity contribution is -0.145. The van der Waals surface area contributed by atoms with Crippen LogP contribution in [0.2, 0.25) is 0 Å². The third kappa shape index (κ3) is 3.23. The second-order valence-corrected chi connectivity index (χ2v) is 7.47. The van der Waals surface area contributed by atoms with Gasteiger partial charge in [0, 0.05) is 5.92 Å². The Bertz CT molecular complexity index is 893. The number of carbonyl (C=O) groups excluding carboxylic acids is 1. The molecule has 0 saturated carbocycles. The molecule has 0 spiro atoms. The monoisotopic (exact) mass is 384 g/mol. The summed E-state index contributed by atoms with van der Waals surface area (Å²) in [5.41, 5.74) is 1.50. The second kappa shape index (κ2) is 7.26. The van der Waals surface area contributed by atoms with Gasteiger partial charge in [0.1, 0.15) is 0 Å². The van der Waals surface area contributed by atoms with Crippen molar-refractivity contribution < 1.29 is 28.5 Å². The van der Waals surface area contributed by atoms with Crippen LogP contribution in [0.25, 0.3) is 0 Å². The van der Waals surface area contributed by atoms with Crippen LogP contribution in [0.5, 0.6) is 23.0 Å². The number of hydrogen-bond acceptors (Lipinski definition) is 6. The van der Waals surface area contributed by atoms with Crippen LogP contribution in [-0.4, -0.2) is 33.6 Å². The minimum absolute atomic E-state index is 0.0588. The zero-order valence-corrected chi connectivity index (χ0v) is 16.3. The van der Waals surface area contributed by atoms with E-state index in [0.717, 1.165) is 22.6 Å². The van der Waals surface area contributed by atoms with Gasteiger partial charge < -0.3 is 23.7 Å². The number of esters is 1. The molecule has 6 heteroatoms. The molecule has 1 fully saturated rings. The first-order valence-electron chi connectivity index (χ1n) is 9.30. The maximum absolute atomic E-state index is 12.6. The number of benzene rings is 2. The van der Waals surface area contributed by atoms with Crippen molar-refractivity contribution in [3.8, 4) is 23.0 Å². The average molecular weight is 384 g/mol. The lowest BCUT2D eigenvalue weighted by atomic mass is 9.72. The van der Waals surface area contributed by atoms with Crippen LogP contribution in [0, 0.1) is 11.3 Å². The molecule has 148 valence electrons. The van der Waals surface area contributed by atoms with E-state index in [1.807, 2.05) is 43.3 Å². The molecule has 0 aromatic heterocycles.